The average Bonchev–Trinajstić information content (AvgIpc) is 2.14. The number of alkyl halides is 2. The van der Waals surface area contributed by atoms with Gasteiger partial charge >= 0.3 is 6.09 Å². The van der Waals surface area contributed by atoms with Gasteiger partial charge in [-0.1, -0.05) is 0 Å². The summed E-state index contributed by atoms with van der Waals surface area (Å²) >= 11 is 0. The fourth-order valence-electron chi connectivity index (χ4n) is 1.90. The van der Waals surface area contributed by atoms with Gasteiger partial charge in [0, 0.05) is 19.0 Å². The molecule has 3 nitrogen and oxygen atoms in total. The van der Waals surface area contributed by atoms with Gasteiger partial charge < -0.3 is 9.64 Å². The number of halogens is 2. The summed E-state index contributed by atoms with van der Waals surface area (Å²) in [5, 5.41) is 0. The Morgan fingerprint density at radius 2 is 1.65 bits per heavy atom. The van der Waals surface area contributed by atoms with Gasteiger partial charge in [-0.05, 0) is 40.5 Å². The van der Waals surface area contributed by atoms with Crippen molar-refractivity contribution >= 4 is 6.09 Å². The molecular formula is C12H21F2NO2. The van der Waals surface area contributed by atoms with Gasteiger partial charge in [-0.15, -0.1) is 0 Å². The SMILES string of the molecule is CC(C)(C)OC(=O)N1CCC(C(C)(F)F)CC1. The van der Waals surface area contributed by atoms with E-state index in [1.165, 1.54) is 4.90 Å². The highest BCUT2D eigenvalue weighted by Crippen LogP contribution is 2.32. The number of piperidine rings is 1. The van der Waals surface area contributed by atoms with Gasteiger partial charge in [-0.25, -0.2) is 13.6 Å². The third-order valence-electron chi connectivity index (χ3n) is 2.86. The van der Waals surface area contributed by atoms with Crippen molar-refractivity contribution in [2.24, 2.45) is 5.92 Å². The highest BCUT2D eigenvalue weighted by Gasteiger charge is 2.37. The van der Waals surface area contributed by atoms with Gasteiger partial charge in [-0.2, -0.15) is 0 Å². The number of ether oxygens (including phenoxy) is 1. The largest absolute Gasteiger partial charge is 0.444 e. The number of rotatable bonds is 1. The van der Waals surface area contributed by atoms with Gasteiger partial charge in [0.05, 0.1) is 0 Å². The van der Waals surface area contributed by atoms with Crippen molar-refractivity contribution in [3.05, 3.63) is 0 Å². The third kappa shape index (κ3) is 4.48. The van der Waals surface area contributed by atoms with E-state index < -0.39 is 23.5 Å². The predicted molar refractivity (Wildman–Crippen MR) is 61.2 cm³/mol. The molecule has 0 spiro atoms. The van der Waals surface area contributed by atoms with Crippen LogP contribution in [0.25, 0.3) is 0 Å². The molecular weight excluding hydrogens is 228 g/mol. The molecule has 1 heterocycles. The topological polar surface area (TPSA) is 29.5 Å². The second kappa shape index (κ2) is 4.78. The third-order valence-corrected chi connectivity index (χ3v) is 2.86. The Labute approximate surface area is 101 Å². The predicted octanol–water partition coefficient (Wildman–Crippen LogP) is 3.29. The van der Waals surface area contributed by atoms with Crippen molar-refractivity contribution < 1.29 is 18.3 Å². The number of carbonyl (C=O) groups is 1. The minimum atomic E-state index is -2.65. The maximum absolute atomic E-state index is 13.1. The zero-order chi connectivity index (χ0) is 13.3. The lowest BCUT2D eigenvalue weighted by atomic mass is 9.91. The highest BCUT2D eigenvalue weighted by atomic mass is 19.3. The van der Waals surface area contributed by atoms with Gasteiger partial charge in [0.2, 0.25) is 5.92 Å². The van der Waals surface area contributed by atoms with Crippen molar-refractivity contribution in [1.82, 2.24) is 4.90 Å². The Balaban J connectivity index is 2.45. The Kier molecular flexibility index (Phi) is 3.99. The van der Waals surface area contributed by atoms with Crippen LogP contribution >= 0.6 is 0 Å². The van der Waals surface area contributed by atoms with E-state index in [0.717, 1.165) is 6.92 Å². The standard InChI is InChI=1S/C12H21F2NO2/c1-11(2,3)17-10(16)15-7-5-9(6-8-15)12(4,13)14/h9H,5-8H2,1-4H3. The second-order valence-corrected chi connectivity index (χ2v) is 5.70. The molecule has 0 unspecified atom stereocenters. The number of likely N-dealkylation sites (tertiary alicyclic amines) is 1. The summed E-state index contributed by atoms with van der Waals surface area (Å²) in [6, 6.07) is 0. The van der Waals surface area contributed by atoms with E-state index in [-0.39, 0.29) is 0 Å². The van der Waals surface area contributed by atoms with Crippen LogP contribution in [0.4, 0.5) is 13.6 Å². The summed E-state index contributed by atoms with van der Waals surface area (Å²) in [4.78, 5) is 13.2. The summed E-state index contributed by atoms with van der Waals surface area (Å²) in [7, 11) is 0. The molecule has 5 heteroatoms. The van der Waals surface area contributed by atoms with Crippen molar-refractivity contribution in [1.29, 1.82) is 0 Å². The zero-order valence-corrected chi connectivity index (χ0v) is 10.9. The number of hydrogen-bond donors (Lipinski definition) is 0. The number of nitrogens with zero attached hydrogens (tertiary/aromatic N) is 1. The van der Waals surface area contributed by atoms with Crippen molar-refractivity contribution in [3.63, 3.8) is 0 Å². The molecule has 0 aromatic rings. The molecule has 17 heavy (non-hydrogen) atoms. The van der Waals surface area contributed by atoms with Crippen LogP contribution in [0, 0.1) is 5.92 Å². The van der Waals surface area contributed by atoms with Crippen LogP contribution in [0.1, 0.15) is 40.5 Å². The minimum Gasteiger partial charge on any atom is -0.444 e. The van der Waals surface area contributed by atoms with Gasteiger partial charge in [0.15, 0.2) is 0 Å². The lowest BCUT2D eigenvalue weighted by Crippen LogP contribution is -2.44. The Bertz CT molecular complexity index is 273. The first-order chi connectivity index (χ1) is 7.59. The summed E-state index contributed by atoms with van der Waals surface area (Å²) < 4.78 is 31.3. The number of hydrogen-bond acceptors (Lipinski definition) is 2. The summed E-state index contributed by atoms with van der Waals surface area (Å²) in [5.41, 5.74) is -0.539. The highest BCUT2D eigenvalue weighted by molar-refractivity contribution is 5.68. The number of amides is 1. The van der Waals surface area contributed by atoms with Crippen LogP contribution in [-0.2, 0) is 4.74 Å². The van der Waals surface area contributed by atoms with Crippen LogP contribution in [0.2, 0.25) is 0 Å². The second-order valence-electron chi connectivity index (χ2n) is 5.70. The molecule has 0 atom stereocenters. The van der Waals surface area contributed by atoms with E-state index in [9.17, 15) is 13.6 Å². The van der Waals surface area contributed by atoms with Gasteiger partial charge in [0.25, 0.3) is 0 Å². The van der Waals surface area contributed by atoms with E-state index >= 15 is 0 Å². The molecule has 0 aromatic carbocycles. The van der Waals surface area contributed by atoms with E-state index in [1.807, 2.05) is 0 Å². The molecule has 0 saturated carbocycles. The molecule has 1 fully saturated rings. The van der Waals surface area contributed by atoms with Crippen molar-refractivity contribution in [3.8, 4) is 0 Å². The van der Waals surface area contributed by atoms with Crippen molar-refractivity contribution in [2.45, 2.75) is 52.1 Å². The summed E-state index contributed by atoms with van der Waals surface area (Å²) in [6.07, 6.45) is 0.265. The monoisotopic (exact) mass is 249 g/mol. The molecule has 0 N–H and O–H groups in total. The van der Waals surface area contributed by atoms with Gasteiger partial charge in [0.1, 0.15) is 5.60 Å². The van der Waals surface area contributed by atoms with Crippen molar-refractivity contribution in [2.75, 3.05) is 13.1 Å². The molecule has 100 valence electrons. The molecule has 0 aliphatic carbocycles. The first-order valence-corrected chi connectivity index (χ1v) is 5.95. The molecule has 1 rings (SSSR count). The normalized spacial score (nSPS) is 19.3. The Morgan fingerprint density at radius 3 is 2.00 bits per heavy atom. The fraction of sp³-hybridized carbons (Fsp3) is 0.917. The van der Waals surface area contributed by atoms with E-state index in [2.05, 4.69) is 0 Å². The first kappa shape index (κ1) is 14.2. The van der Waals surface area contributed by atoms with Crippen LogP contribution in [0.3, 0.4) is 0 Å². The molecule has 1 amide bonds. The van der Waals surface area contributed by atoms with Gasteiger partial charge in [-0.3, -0.25) is 0 Å². The average molecular weight is 249 g/mol. The molecule has 1 saturated heterocycles. The minimum absolute atomic E-state index is 0.336. The first-order valence-electron chi connectivity index (χ1n) is 5.95. The van der Waals surface area contributed by atoms with Crippen LogP contribution in [-0.4, -0.2) is 35.6 Å². The molecule has 0 radical (unpaired) electrons. The zero-order valence-electron chi connectivity index (χ0n) is 10.9. The summed E-state index contributed by atoms with van der Waals surface area (Å²) in [6.45, 7) is 7.01. The molecule has 1 aliphatic heterocycles. The molecule has 0 aromatic heterocycles. The Morgan fingerprint density at radius 1 is 1.18 bits per heavy atom. The summed E-state index contributed by atoms with van der Waals surface area (Å²) in [5.74, 6) is -3.28. The van der Waals surface area contributed by atoms with Crippen LogP contribution in [0.15, 0.2) is 0 Å². The quantitative estimate of drug-likeness (QED) is 0.713. The van der Waals surface area contributed by atoms with Crippen LogP contribution < -0.4 is 0 Å². The number of carbonyl (C=O) groups excluding carboxylic acids is 1. The smallest absolute Gasteiger partial charge is 0.410 e. The maximum Gasteiger partial charge on any atom is 0.410 e. The van der Waals surface area contributed by atoms with E-state index in [0.29, 0.717) is 25.9 Å². The maximum atomic E-state index is 13.1. The molecule has 1 aliphatic rings. The van der Waals surface area contributed by atoms with E-state index in [1.54, 1.807) is 20.8 Å². The molecule has 0 bridgehead atoms. The lowest BCUT2D eigenvalue weighted by molar-refractivity contribution is -0.0640. The van der Waals surface area contributed by atoms with E-state index in [4.69, 9.17) is 4.74 Å². The lowest BCUT2D eigenvalue weighted by Gasteiger charge is -2.35. The Hall–Kier alpha value is -0.870. The van der Waals surface area contributed by atoms with Crippen LogP contribution in [0.5, 0.6) is 0 Å². The fourth-order valence-corrected chi connectivity index (χ4v) is 1.90.